The number of halogens is 1. The zero-order valence-electron chi connectivity index (χ0n) is 9.00. The second-order valence-electron chi connectivity index (χ2n) is 3.83. The highest BCUT2D eigenvalue weighted by atomic mass is 79.9. The van der Waals surface area contributed by atoms with E-state index in [2.05, 4.69) is 20.9 Å². The minimum absolute atomic E-state index is 0.413. The molecule has 0 radical (unpaired) electrons. The Hall–Kier alpha value is -0.780. The number of pyridine rings is 1. The molecule has 16 heavy (non-hydrogen) atoms. The van der Waals surface area contributed by atoms with Crippen molar-refractivity contribution in [3.05, 3.63) is 28.5 Å². The van der Waals surface area contributed by atoms with E-state index in [1.54, 1.807) is 0 Å². The van der Waals surface area contributed by atoms with Crippen molar-refractivity contribution in [3.8, 4) is 0 Å². The molecule has 1 aromatic heterocycles. The Morgan fingerprint density at radius 1 is 1.50 bits per heavy atom. The average molecular weight is 285 g/mol. The van der Waals surface area contributed by atoms with Gasteiger partial charge < -0.3 is 14.9 Å². The molecule has 2 rings (SSSR count). The molecular weight excluding hydrogens is 272 g/mol. The van der Waals surface area contributed by atoms with E-state index in [0.29, 0.717) is 31.0 Å². The molecule has 1 saturated heterocycles. The average Bonchev–Trinajstić information content (AvgIpc) is 2.65. The number of hydrogen-bond acceptors (Lipinski definition) is 4. The predicted molar refractivity (Wildman–Crippen MR) is 63.7 cm³/mol. The van der Waals surface area contributed by atoms with E-state index in [1.165, 1.54) is 0 Å². The maximum Gasteiger partial charge on any atom is 0.171 e. The summed E-state index contributed by atoms with van der Waals surface area (Å²) in [7, 11) is 0. The fraction of sp³-hybridized carbons (Fsp3) is 0.455. The first-order valence-corrected chi connectivity index (χ1v) is 5.87. The summed E-state index contributed by atoms with van der Waals surface area (Å²) >= 11 is 3.29. The lowest BCUT2D eigenvalue weighted by molar-refractivity contribution is -0.135. The van der Waals surface area contributed by atoms with Gasteiger partial charge in [0.05, 0.1) is 24.6 Å². The molecule has 2 heterocycles. The molecule has 0 atom stereocenters. The van der Waals surface area contributed by atoms with Crippen LogP contribution in [0.4, 0.5) is 0 Å². The van der Waals surface area contributed by atoms with Gasteiger partial charge in [-0.1, -0.05) is 6.07 Å². The fourth-order valence-electron chi connectivity index (χ4n) is 1.65. The van der Waals surface area contributed by atoms with Crippen LogP contribution in [0.15, 0.2) is 22.8 Å². The van der Waals surface area contributed by atoms with E-state index < -0.39 is 5.79 Å². The molecule has 0 aromatic carbocycles. The third kappa shape index (κ3) is 2.66. The van der Waals surface area contributed by atoms with Gasteiger partial charge in [0.2, 0.25) is 0 Å². The number of aromatic nitrogens is 1. The Balaban J connectivity index is 2.08. The van der Waals surface area contributed by atoms with Crippen molar-refractivity contribution in [1.29, 1.82) is 5.41 Å². The van der Waals surface area contributed by atoms with Gasteiger partial charge in [0, 0.05) is 6.42 Å². The van der Waals surface area contributed by atoms with Gasteiger partial charge in [-0.2, -0.15) is 0 Å². The normalized spacial score (nSPS) is 18.6. The van der Waals surface area contributed by atoms with E-state index in [4.69, 9.17) is 14.9 Å². The van der Waals surface area contributed by atoms with Gasteiger partial charge in [-0.05, 0) is 35.0 Å². The van der Waals surface area contributed by atoms with Crippen molar-refractivity contribution in [2.75, 3.05) is 13.2 Å². The molecular formula is C11H13BrN2O2. The third-order valence-corrected chi connectivity index (χ3v) is 2.86. The molecule has 1 aliphatic heterocycles. The lowest BCUT2D eigenvalue weighted by Crippen LogP contribution is -2.29. The van der Waals surface area contributed by atoms with E-state index in [0.717, 1.165) is 4.60 Å². The molecule has 5 heteroatoms. The Bertz CT molecular complexity index is 403. The molecule has 0 saturated carbocycles. The van der Waals surface area contributed by atoms with Crippen molar-refractivity contribution < 1.29 is 9.47 Å². The summed E-state index contributed by atoms with van der Waals surface area (Å²) in [6.45, 7) is 3.04. The van der Waals surface area contributed by atoms with Crippen LogP contribution in [0.3, 0.4) is 0 Å². The van der Waals surface area contributed by atoms with E-state index in [-0.39, 0.29) is 0 Å². The molecule has 0 unspecified atom stereocenters. The van der Waals surface area contributed by atoms with Crippen molar-refractivity contribution in [3.63, 3.8) is 0 Å². The summed E-state index contributed by atoms with van der Waals surface area (Å²) in [5.74, 6) is -0.666. The molecule has 1 fully saturated rings. The largest absolute Gasteiger partial charge is 0.347 e. The van der Waals surface area contributed by atoms with Crippen LogP contribution in [0.1, 0.15) is 19.0 Å². The second-order valence-corrected chi connectivity index (χ2v) is 4.64. The van der Waals surface area contributed by atoms with E-state index in [9.17, 15) is 0 Å². The third-order valence-electron chi connectivity index (χ3n) is 2.42. The van der Waals surface area contributed by atoms with Crippen LogP contribution >= 0.6 is 15.9 Å². The Labute approximate surface area is 103 Å². The minimum atomic E-state index is -0.666. The smallest absolute Gasteiger partial charge is 0.171 e. The van der Waals surface area contributed by atoms with Gasteiger partial charge in [0.1, 0.15) is 4.60 Å². The first-order chi connectivity index (χ1) is 7.59. The molecule has 0 bridgehead atoms. The van der Waals surface area contributed by atoms with Gasteiger partial charge >= 0.3 is 0 Å². The van der Waals surface area contributed by atoms with Gasteiger partial charge in [0.25, 0.3) is 0 Å². The van der Waals surface area contributed by atoms with Crippen LogP contribution in [0, 0.1) is 5.41 Å². The molecule has 1 aromatic rings. The first-order valence-electron chi connectivity index (χ1n) is 5.07. The van der Waals surface area contributed by atoms with Gasteiger partial charge in [-0.15, -0.1) is 0 Å². The summed E-state index contributed by atoms with van der Waals surface area (Å²) in [5.41, 5.74) is 1.07. The highest BCUT2D eigenvalue weighted by Gasteiger charge is 2.32. The van der Waals surface area contributed by atoms with Crippen molar-refractivity contribution in [1.82, 2.24) is 4.98 Å². The van der Waals surface area contributed by atoms with E-state index in [1.807, 2.05) is 25.1 Å². The number of nitrogens with one attached hydrogen (secondary N) is 1. The quantitative estimate of drug-likeness (QED) is 0.685. The Morgan fingerprint density at radius 2 is 2.19 bits per heavy atom. The SMILES string of the molecule is CC1(CC(=N)c2cccc(Br)n2)OCCO1. The molecule has 86 valence electrons. The highest BCUT2D eigenvalue weighted by Crippen LogP contribution is 2.24. The van der Waals surface area contributed by atoms with Crippen LogP contribution < -0.4 is 0 Å². The Morgan fingerprint density at radius 3 is 2.81 bits per heavy atom. The highest BCUT2D eigenvalue weighted by molar-refractivity contribution is 9.10. The van der Waals surface area contributed by atoms with Crippen LogP contribution in [0.25, 0.3) is 0 Å². The number of nitrogens with zero attached hydrogens (tertiary/aromatic N) is 1. The van der Waals surface area contributed by atoms with Gasteiger partial charge in [-0.25, -0.2) is 4.98 Å². The van der Waals surface area contributed by atoms with E-state index >= 15 is 0 Å². The first kappa shape index (κ1) is 11.7. The molecule has 1 aliphatic rings. The van der Waals surface area contributed by atoms with Crippen LogP contribution in [0.2, 0.25) is 0 Å². The summed E-state index contributed by atoms with van der Waals surface area (Å²) < 4.78 is 11.7. The zero-order chi connectivity index (χ0) is 11.6. The monoisotopic (exact) mass is 284 g/mol. The lowest BCUT2D eigenvalue weighted by Gasteiger charge is -2.22. The molecule has 0 aliphatic carbocycles. The number of rotatable bonds is 3. The van der Waals surface area contributed by atoms with Crippen molar-refractivity contribution in [2.45, 2.75) is 19.1 Å². The number of ether oxygens (including phenoxy) is 2. The summed E-state index contributed by atoms with van der Waals surface area (Å²) in [4.78, 5) is 4.23. The fourth-order valence-corrected chi connectivity index (χ4v) is 1.99. The Kier molecular flexibility index (Phi) is 3.37. The predicted octanol–water partition coefficient (Wildman–Crippen LogP) is 2.37. The molecule has 0 amide bonds. The number of hydrogen-bond donors (Lipinski definition) is 1. The topological polar surface area (TPSA) is 55.2 Å². The maximum atomic E-state index is 7.97. The van der Waals surface area contributed by atoms with Crippen molar-refractivity contribution in [2.24, 2.45) is 0 Å². The second kappa shape index (κ2) is 4.61. The van der Waals surface area contributed by atoms with Crippen LogP contribution in [-0.4, -0.2) is 29.7 Å². The summed E-state index contributed by atoms with van der Waals surface area (Å²) in [5, 5.41) is 7.97. The summed E-state index contributed by atoms with van der Waals surface area (Å²) in [6.07, 6.45) is 0.413. The molecule has 1 N–H and O–H groups in total. The standard InChI is InChI=1S/C11H13BrN2O2/c1-11(15-5-6-16-11)7-8(13)9-3-2-4-10(12)14-9/h2-4,13H,5-7H2,1H3. The molecule has 0 spiro atoms. The minimum Gasteiger partial charge on any atom is -0.347 e. The van der Waals surface area contributed by atoms with Crippen LogP contribution in [-0.2, 0) is 9.47 Å². The van der Waals surface area contributed by atoms with Crippen LogP contribution in [0.5, 0.6) is 0 Å². The van der Waals surface area contributed by atoms with Gasteiger partial charge in [-0.3, -0.25) is 0 Å². The lowest BCUT2D eigenvalue weighted by atomic mass is 10.1. The molecule has 4 nitrogen and oxygen atoms in total. The maximum absolute atomic E-state index is 7.97. The van der Waals surface area contributed by atoms with Crippen molar-refractivity contribution >= 4 is 21.6 Å². The summed E-state index contributed by atoms with van der Waals surface area (Å²) in [6, 6.07) is 5.51. The van der Waals surface area contributed by atoms with Gasteiger partial charge in [0.15, 0.2) is 5.79 Å². The zero-order valence-corrected chi connectivity index (χ0v) is 10.6.